The van der Waals surface area contributed by atoms with Crippen LogP contribution in [0.25, 0.3) is 0 Å². The molecule has 1 aromatic carbocycles. The van der Waals surface area contributed by atoms with Gasteiger partial charge < -0.3 is 0 Å². The second kappa shape index (κ2) is 4.87. The van der Waals surface area contributed by atoms with Gasteiger partial charge in [-0.3, -0.25) is 9.59 Å². The molecule has 1 rings (SSSR count). The predicted molar refractivity (Wildman–Crippen MR) is 56.1 cm³/mol. The van der Waals surface area contributed by atoms with Gasteiger partial charge in [0.15, 0.2) is 5.78 Å². The summed E-state index contributed by atoms with van der Waals surface area (Å²) >= 11 is 5.46. The zero-order valence-electron chi connectivity index (χ0n) is 8.77. The summed E-state index contributed by atoms with van der Waals surface area (Å²) in [5.74, 6) is -1.35. The van der Waals surface area contributed by atoms with Crippen molar-refractivity contribution >= 4 is 23.2 Å². The Morgan fingerprint density at radius 3 is 2.35 bits per heavy atom. The number of benzene rings is 1. The van der Waals surface area contributed by atoms with Gasteiger partial charge in [0.1, 0.15) is 5.78 Å². The third-order valence-corrected chi connectivity index (χ3v) is 2.23. The van der Waals surface area contributed by atoms with Gasteiger partial charge in [-0.1, -0.05) is 11.6 Å². The lowest BCUT2D eigenvalue weighted by molar-refractivity contribution is -0.138. The van der Waals surface area contributed by atoms with Crippen LogP contribution in [0.1, 0.15) is 29.3 Å². The minimum Gasteiger partial charge on any atom is -0.300 e. The van der Waals surface area contributed by atoms with E-state index in [2.05, 4.69) is 0 Å². The molecule has 0 spiro atoms. The van der Waals surface area contributed by atoms with Crippen LogP contribution in [-0.2, 0) is 11.0 Å². The number of carbonyl (C=O) groups excluding carboxylic acids is 2. The van der Waals surface area contributed by atoms with E-state index in [-0.39, 0.29) is 5.02 Å². The van der Waals surface area contributed by atoms with Gasteiger partial charge in [0, 0.05) is 10.6 Å². The van der Waals surface area contributed by atoms with Crippen LogP contribution in [0, 0.1) is 0 Å². The van der Waals surface area contributed by atoms with Crippen LogP contribution in [0.4, 0.5) is 13.2 Å². The first-order chi connectivity index (χ1) is 7.71. The van der Waals surface area contributed by atoms with E-state index in [1.807, 2.05) is 0 Å². The normalized spacial score (nSPS) is 11.4. The molecule has 0 bridgehead atoms. The summed E-state index contributed by atoms with van der Waals surface area (Å²) in [6.45, 7) is 1.14. The number of Topliss-reactive ketones (excluding diaryl/α,β-unsaturated/α-hetero) is 2. The summed E-state index contributed by atoms with van der Waals surface area (Å²) in [5, 5.41) is -0.114. The first-order valence-corrected chi connectivity index (χ1v) is 4.99. The van der Waals surface area contributed by atoms with E-state index < -0.39 is 35.3 Å². The van der Waals surface area contributed by atoms with Crippen molar-refractivity contribution < 1.29 is 22.8 Å². The van der Waals surface area contributed by atoms with Gasteiger partial charge in [0.05, 0.1) is 12.0 Å². The van der Waals surface area contributed by atoms with E-state index in [9.17, 15) is 22.8 Å². The lowest BCUT2D eigenvalue weighted by Gasteiger charge is -2.11. The van der Waals surface area contributed by atoms with Crippen LogP contribution >= 0.6 is 11.6 Å². The third kappa shape index (κ3) is 3.56. The number of rotatable bonds is 3. The monoisotopic (exact) mass is 264 g/mol. The van der Waals surface area contributed by atoms with Gasteiger partial charge in [-0.2, -0.15) is 13.2 Å². The van der Waals surface area contributed by atoms with Crippen LogP contribution < -0.4 is 0 Å². The smallest absolute Gasteiger partial charge is 0.300 e. The largest absolute Gasteiger partial charge is 0.417 e. The number of alkyl halides is 3. The number of ketones is 2. The Hall–Kier alpha value is -1.36. The topological polar surface area (TPSA) is 34.1 Å². The summed E-state index contributed by atoms with van der Waals surface area (Å²) in [6, 6.07) is 2.84. The number of hydrogen-bond acceptors (Lipinski definition) is 2. The lowest BCUT2D eigenvalue weighted by atomic mass is 10.00. The van der Waals surface area contributed by atoms with E-state index >= 15 is 0 Å². The van der Waals surface area contributed by atoms with Gasteiger partial charge in [-0.25, -0.2) is 0 Å². The maximum absolute atomic E-state index is 12.6. The molecule has 0 radical (unpaired) electrons. The van der Waals surface area contributed by atoms with Crippen molar-refractivity contribution in [3.05, 3.63) is 34.3 Å². The van der Waals surface area contributed by atoms with Gasteiger partial charge in [0.2, 0.25) is 0 Å². The van der Waals surface area contributed by atoms with E-state index in [1.54, 1.807) is 0 Å². The number of halogens is 4. The minimum absolute atomic E-state index is 0.114. The van der Waals surface area contributed by atoms with Gasteiger partial charge >= 0.3 is 6.18 Å². The zero-order valence-corrected chi connectivity index (χ0v) is 9.52. The van der Waals surface area contributed by atoms with Crippen molar-refractivity contribution in [2.24, 2.45) is 0 Å². The van der Waals surface area contributed by atoms with Crippen molar-refractivity contribution in [1.29, 1.82) is 0 Å². The molecule has 0 unspecified atom stereocenters. The Bertz CT molecular complexity index is 466. The van der Waals surface area contributed by atoms with Crippen molar-refractivity contribution in [2.75, 3.05) is 0 Å². The molecule has 92 valence electrons. The number of hydrogen-bond donors (Lipinski definition) is 0. The Morgan fingerprint density at radius 1 is 1.29 bits per heavy atom. The van der Waals surface area contributed by atoms with Crippen LogP contribution in [0.2, 0.25) is 5.02 Å². The molecule has 0 saturated heterocycles. The standard InChI is InChI=1S/C11H8ClF3O2/c1-6(16)4-10(17)8-3-2-7(12)5-9(8)11(13,14)15/h2-3,5H,4H2,1H3. The molecule has 0 atom stereocenters. The molecular weight excluding hydrogens is 257 g/mol. The second-order valence-electron chi connectivity index (χ2n) is 3.49. The van der Waals surface area contributed by atoms with Gasteiger partial charge in [0.25, 0.3) is 0 Å². The number of carbonyl (C=O) groups is 2. The molecule has 0 aliphatic carbocycles. The fourth-order valence-corrected chi connectivity index (χ4v) is 1.49. The van der Waals surface area contributed by atoms with Crippen LogP contribution in [0.15, 0.2) is 18.2 Å². The summed E-state index contributed by atoms with van der Waals surface area (Å²) in [4.78, 5) is 22.2. The van der Waals surface area contributed by atoms with E-state index in [0.29, 0.717) is 6.07 Å². The fourth-order valence-electron chi connectivity index (χ4n) is 1.32. The van der Waals surface area contributed by atoms with Crippen molar-refractivity contribution in [3.63, 3.8) is 0 Å². The summed E-state index contributed by atoms with van der Waals surface area (Å²) in [7, 11) is 0. The molecule has 0 N–H and O–H groups in total. The molecule has 0 heterocycles. The Kier molecular flexibility index (Phi) is 3.93. The molecule has 17 heavy (non-hydrogen) atoms. The summed E-state index contributed by atoms with van der Waals surface area (Å²) in [6.07, 6.45) is -5.22. The SMILES string of the molecule is CC(=O)CC(=O)c1ccc(Cl)cc1C(F)(F)F. The quantitative estimate of drug-likeness (QED) is 0.618. The first kappa shape index (κ1) is 13.7. The zero-order chi connectivity index (χ0) is 13.2. The highest BCUT2D eigenvalue weighted by Gasteiger charge is 2.35. The molecule has 2 nitrogen and oxygen atoms in total. The molecule has 0 saturated carbocycles. The maximum atomic E-state index is 12.6. The predicted octanol–water partition coefficient (Wildman–Crippen LogP) is 3.52. The van der Waals surface area contributed by atoms with Gasteiger partial charge in [-0.05, 0) is 25.1 Å². The Labute approximate surface area is 100 Å². The molecule has 1 aromatic rings. The molecular formula is C11H8ClF3O2. The highest BCUT2D eigenvalue weighted by Crippen LogP contribution is 2.34. The first-order valence-electron chi connectivity index (χ1n) is 4.61. The molecule has 0 aliphatic heterocycles. The Morgan fingerprint density at radius 2 is 1.88 bits per heavy atom. The average Bonchev–Trinajstić information content (AvgIpc) is 2.14. The lowest BCUT2D eigenvalue weighted by Crippen LogP contribution is -2.14. The molecule has 6 heteroatoms. The molecule has 0 aromatic heterocycles. The van der Waals surface area contributed by atoms with Crippen molar-refractivity contribution in [3.8, 4) is 0 Å². The van der Waals surface area contributed by atoms with Gasteiger partial charge in [-0.15, -0.1) is 0 Å². The molecule has 0 fully saturated rings. The van der Waals surface area contributed by atoms with E-state index in [0.717, 1.165) is 13.0 Å². The van der Waals surface area contributed by atoms with Crippen molar-refractivity contribution in [2.45, 2.75) is 19.5 Å². The molecule has 0 aliphatic rings. The third-order valence-electron chi connectivity index (χ3n) is 2.00. The highest BCUT2D eigenvalue weighted by molar-refractivity contribution is 6.30. The van der Waals surface area contributed by atoms with Crippen LogP contribution in [0.5, 0.6) is 0 Å². The maximum Gasteiger partial charge on any atom is 0.417 e. The van der Waals surface area contributed by atoms with Crippen LogP contribution in [0.3, 0.4) is 0 Å². The fraction of sp³-hybridized carbons (Fsp3) is 0.273. The Balaban J connectivity index is 3.24. The average molecular weight is 265 g/mol. The second-order valence-corrected chi connectivity index (χ2v) is 3.93. The summed E-state index contributed by atoms with van der Waals surface area (Å²) < 4.78 is 37.9. The molecule has 0 amide bonds. The van der Waals surface area contributed by atoms with Crippen molar-refractivity contribution in [1.82, 2.24) is 0 Å². The van der Waals surface area contributed by atoms with E-state index in [4.69, 9.17) is 11.6 Å². The van der Waals surface area contributed by atoms with Crippen LogP contribution in [-0.4, -0.2) is 11.6 Å². The highest BCUT2D eigenvalue weighted by atomic mass is 35.5. The minimum atomic E-state index is -4.67. The van der Waals surface area contributed by atoms with E-state index in [1.165, 1.54) is 6.07 Å². The summed E-state index contributed by atoms with van der Waals surface area (Å²) in [5.41, 5.74) is -1.65.